The van der Waals surface area contributed by atoms with Crippen LogP contribution in [0.1, 0.15) is 49.0 Å². The van der Waals surface area contributed by atoms with Crippen molar-refractivity contribution in [2.45, 2.75) is 43.3 Å². The second kappa shape index (κ2) is 8.39. The summed E-state index contributed by atoms with van der Waals surface area (Å²) < 4.78 is 33.8. The summed E-state index contributed by atoms with van der Waals surface area (Å²) in [6.07, 6.45) is 9.46. The number of nitrogens with one attached hydrogen (secondary N) is 1. The van der Waals surface area contributed by atoms with Crippen LogP contribution in [0, 0.1) is 0 Å². The third-order valence-electron chi connectivity index (χ3n) is 6.39. The predicted octanol–water partition coefficient (Wildman–Crippen LogP) is 4.63. The van der Waals surface area contributed by atoms with E-state index in [2.05, 4.69) is 15.3 Å². The zero-order chi connectivity index (χ0) is 22.3. The van der Waals surface area contributed by atoms with Crippen LogP contribution in [0.2, 0.25) is 0 Å². The van der Waals surface area contributed by atoms with Crippen LogP contribution in [0.15, 0.2) is 42.9 Å². The molecular weight excluding hydrogens is 425 g/mol. The third-order valence-corrected chi connectivity index (χ3v) is 6.39. The van der Waals surface area contributed by atoms with Gasteiger partial charge in [-0.25, -0.2) is 9.37 Å². The van der Waals surface area contributed by atoms with E-state index in [4.69, 9.17) is 19.3 Å². The minimum Gasteiger partial charge on any atom is -0.450 e. The Morgan fingerprint density at radius 2 is 1.88 bits per heavy atom. The minimum atomic E-state index is -1.53. The highest BCUT2D eigenvalue weighted by Crippen LogP contribution is 2.41. The fourth-order valence-corrected chi connectivity index (χ4v) is 4.25. The van der Waals surface area contributed by atoms with Crippen molar-refractivity contribution in [1.29, 1.82) is 0 Å². The lowest BCUT2D eigenvalue weighted by Crippen LogP contribution is -2.43. The number of halogens is 1. The van der Waals surface area contributed by atoms with Gasteiger partial charge in [0.1, 0.15) is 5.69 Å². The first kappa shape index (κ1) is 20.6. The fraction of sp³-hybridized carbons (Fsp3) is 0.458. The number of rotatable bonds is 7. The maximum atomic E-state index is 14.7. The summed E-state index contributed by atoms with van der Waals surface area (Å²) in [4.78, 5) is 8.66. The van der Waals surface area contributed by atoms with Crippen LogP contribution in [0.4, 0.5) is 15.9 Å². The van der Waals surface area contributed by atoms with E-state index in [-0.39, 0.29) is 13.2 Å². The van der Waals surface area contributed by atoms with Gasteiger partial charge in [0.15, 0.2) is 23.0 Å². The molecule has 0 aromatic carbocycles. The zero-order valence-electron chi connectivity index (χ0n) is 18.2. The Bertz CT molecular complexity index is 1140. The van der Waals surface area contributed by atoms with Crippen molar-refractivity contribution >= 4 is 11.5 Å². The fourth-order valence-electron chi connectivity index (χ4n) is 4.25. The number of hydrogen-bond acceptors (Lipinski definition) is 7. The summed E-state index contributed by atoms with van der Waals surface area (Å²) in [7, 11) is 0. The van der Waals surface area contributed by atoms with Gasteiger partial charge in [0.25, 0.3) is 0 Å². The quantitative estimate of drug-likeness (QED) is 0.561. The molecule has 3 aromatic rings. The molecule has 0 spiro atoms. The predicted molar refractivity (Wildman–Crippen MR) is 119 cm³/mol. The van der Waals surface area contributed by atoms with Crippen molar-refractivity contribution in [2.75, 3.05) is 31.7 Å². The van der Waals surface area contributed by atoms with Crippen molar-refractivity contribution in [2.24, 2.45) is 0 Å². The summed E-state index contributed by atoms with van der Waals surface area (Å²) in [5.41, 5.74) is 0.489. The van der Waals surface area contributed by atoms with E-state index in [1.54, 1.807) is 24.5 Å². The van der Waals surface area contributed by atoms with Crippen LogP contribution in [-0.2, 0) is 15.1 Å². The van der Waals surface area contributed by atoms with Crippen LogP contribution < -0.4 is 10.1 Å². The standard InChI is InChI=1S/C24H26FN5O3/c25-24(14-32-15-24)21-12-17(5-9-26-21)28-23-19(2-1-8-27-23)33-20-13-30(18-3-4-18)29-22(20)16-6-10-31-11-7-16/h1-2,5,8-9,12-13,16,18H,3-4,6-7,10-11,14-15H2,(H,26,27,28). The monoisotopic (exact) mass is 451 g/mol. The molecule has 3 aliphatic rings. The third kappa shape index (κ3) is 4.18. The summed E-state index contributed by atoms with van der Waals surface area (Å²) in [6.45, 7) is 1.54. The summed E-state index contributed by atoms with van der Waals surface area (Å²) in [6, 6.07) is 7.64. The molecule has 0 unspecified atom stereocenters. The molecule has 8 nitrogen and oxygen atoms in total. The first-order chi connectivity index (χ1) is 16.2. The molecule has 33 heavy (non-hydrogen) atoms. The van der Waals surface area contributed by atoms with Gasteiger partial charge in [0, 0.05) is 37.2 Å². The van der Waals surface area contributed by atoms with Gasteiger partial charge in [0.2, 0.25) is 0 Å². The van der Waals surface area contributed by atoms with E-state index in [1.165, 1.54) is 0 Å². The highest BCUT2D eigenvalue weighted by atomic mass is 19.1. The molecule has 172 valence electrons. The minimum absolute atomic E-state index is 0.0291. The van der Waals surface area contributed by atoms with E-state index in [1.807, 2.05) is 23.0 Å². The molecule has 0 radical (unpaired) electrons. The van der Waals surface area contributed by atoms with Crippen molar-refractivity contribution in [3.8, 4) is 11.5 Å². The van der Waals surface area contributed by atoms with Crippen LogP contribution in [-0.4, -0.2) is 46.2 Å². The summed E-state index contributed by atoms with van der Waals surface area (Å²) in [5.74, 6) is 2.20. The molecule has 5 heterocycles. The number of ether oxygens (including phenoxy) is 3. The molecule has 1 N–H and O–H groups in total. The molecular formula is C24H26FN5O3. The maximum absolute atomic E-state index is 14.7. The molecule has 0 bridgehead atoms. The number of hydrogen-bond donors (Lipinski definition) is 1. The second-order valence-electron chi connectivity index (χ2n) is 8.94. The van der Waals surface area contributed by atoms with E-state index in [0.717, 1.165) is 50.3 Å². The highest BCUT2D eigenvalue weighted by Gasteiger charge is 2.42. The summed E-state index contributed by atoms with van der Waals surface area (Å²) in [5, 5.41) is 8.16. The van der Waals surface area contributed by atoms with E-state index in [9.17, 15) is 4.39 Å². The smallest absolute Gasteiger partial charge is 0.198 e. The van der Waals surface area contributed by atoms with Crippen molar-refractivity contribution in [3.05, 3.63) is 54.2 Å². The highest BCUT2D eigenvalue weighted by molar-refractivity contribution is 5.63. The molecule has 1 saturated carbocycles. The van der Waals surface area contributed by atoms with Gasteiger partial charge >= 0.3 is 0 Å². The number of aromatic nitrogens is 4. The molecule has 2 aliphatic heterocycles. The van der Waals surface area contributed by atoms with Gasteiger partial charge in [-0.05, 0) is 49.9 Å². The number of pyridine rings is 2. The summed E-state index contributed by atoms with van der Waals surface area (Å²) >= 11 is 0. The SMILES string of the molecule is FC1(c2cc(Nc3ncccc3Oc3cn(C4CC4)nc3C3CCOCC3)ccn2)COC1. The molecule has 3 aromatic heterocycles. The molecule has 1 aliphatic carbocycles. The van der Waals surface area contributed by atoms with Crippen LogP contribution in [0.25, 0.3) is 0 Å². The molecule has 9 heteroatoms. The average molecular weight is 452 g/mol. The van der Waals surface area contributed by atoms with Crippen LogP contribution in [0.3, 0.4) is 0 Å². The Morgan fingerprint density at radius 1 is 1.03 bits per heavy atom. The lowest BCUT2D eigenvalue weighted by atomic mass is 9.96. The molecule has 0 amide bonds. The molecule has 3 fully saturated rings. The van der Waals surface area contributed by atoms with Gasteiger partial charge in [0.05, 0.1) is 31.1 Å². The number of anilines is 2. The lowest BCUT2D eigenvalue weighted by Gasteiger charge is -2.33. The molecule has 2 saturated heterocycles. The second-order valence-corrected chi connectivity index (χ2v) is 8.94. The van der Waals surface area contributed by atoms with Gasteiger partial charge < -0.3 is 19.5 Å². The Balaban J connectivity index is 1.27. The first-order valence-electron chi connectivity index (χ1n) is 11.5. The van der Waals surface area contributed by atoms with Gasteiger partial charge in [-0.2, -0.15) is 5.10 Å². The van der Waals surface area contributed by atoms with Crippen molar-refractivity contribution < 1.29 is 18.6 Å². The van der Waals surface area contributed by atoms with Gasteiger partial charge in [-0.15, -0.1) is 0 Å². The van der Waals surface area contributed by atoms with E-state index in [0.29, 0.717) is 34.9 Å². The Labute approximate surface area is 191 Å². The maximum Gasteiger partial charge on any atom is 0.198 e. The van der Waals surface area contributed by atoms with Crippen LogP contribution >= 0.6 is 0 Å². The Kier molecular flexibility index (Phi) is 5.22. The van der Waals surface area contributed by atoms with Crippen LogP contribution in [0.5, 0.6) is 11.5 Å². The molecule has 0 atom stereocenters. The Hall–Kier alpha value is -3.04. The normalized spacial score (nSPS) is 20.3. The van der Waals surface area contributed by atoms with Crippen molar-refractivity contribution in [3.63, 3.8) is 0 Å². The largest absolute Gasteiger partial charge is 0.450 e. The zero-order valence-corrected chi connectivity index (χ0v) is 18.2. The number of alkyl halides is 1. The topological polar surface area (TPSA) is 83.3 Å². The van der Waals surface area contributed by atoms with Crippen molar-refractivity contribution in [1.82, 2.24) is 19.7 Å². The van der Waals surface area contributed by atoms with Gasteiger partial charge in [-0.1, -0.05) is 0 Å². The molecule has 6 rings (SSSR count). The lowest BCUT2D eigenvalue weighted by molar-refractivity contribution is -0.137. The first-order valence-corrected chi connectivity index (χ1v) is 11.5. The van der Waals surface area contributed by atoms with Gasteiger partial charge in [-0.3, -0.25) is 9.67 Å². The number of nitrogens with zero attached hydrogens (tertiary/aromatic N) is 4. The average Bonchev–Trinajstić information content (AvgIpc) is 3.60. The van der Waals surface area contributed by atoms with E-state index < -0.39 is 5.67 Å². The Morgan fingerprint density at radius 3 is 2.64 bits per heavy atom. The van der Waals surface area contributed by atoms with E-state index >= 15 is 0 Å².